The molecule has 6 heteroatoms. The largest absolute Gasteiger partial charge is 0.813 e. The van der Waals surface area contributed by atoms with Crippen molar-refractivity contribution in [2.45, 2.75) is 38.9 Å². The standard InChI is InChI=1S/C18H18BO2.H3P.H2S.Tl/c1-6-13-9-7-10-14-11-8-12-15(16(13)14)19-20-17(2,3)18(4,5)21-19;;;/h7-12H,2-5H3;1H3;1H2;/p-1. The predicted molar refractivity (Wildman–Crippen MR) is 112 cm³/mol. The molecule has 0 bridgehead atoms. The predicted octanol–water partition coefficient (Wildman–Crippen LogP) is 2.40. The Morgan fingerprint density at radius 1 is 0.958 bits per heavy atom. The maximum atomic E-state index is 6.23. The Kier molecular flexibility index (Phi) is 7.42. The molecule has 1 atom stereocenters. The monoisotopic (exact) mass is 549 g/mol. The number of hydrogen-bond donors (Lipinski definition) is 0. The summed E-state index contributed by atoms with van der Waals surface area (Å²) in [5.41, 5.74) is 1.46. The van der Waals surface area contributed by atoms with Crippen molar-refractivity contribution in [3.63, 3.8) is 0 Å². The maximum Gasteiger partial charge on any atom is -0.153 e. The molecule has 1 saturated heterocycles. The fourth-order valence-corrected chi connectivity index (χ4v) is 3.32. The third-order valence-electron chi connectivity index (χ3n) is 4.65. The quantitative estimate of drug-likeness (QED) is 0.179. The second-order valence-electron chi connectivity index (χ2n) is 6.61. The van der Waals surface area contributed by atoms with Gasteiger partial charge in [0.2, 0.25) is 0 Å². The van der Waals surface area contributed by atoms with Gasteiger partial charge in [-0.25, -0.2) is 0 Å². The van der Waals surface area contributed by atoms with E-state index in [2.05, 4.69) is 73.5 Å². The van der Waals surface area contributed by atoms with Gasteiger partial charge >= 0.3 is 149 Å². The smallest absolute Gasteiger partial charge is 0.153 e. The number of rotatable bonds is 1. The van der Waals surface area contributed by atoms with E-state index in [1.54, 1.807) is 0 Å². The van der Waals surface area contributed by atoms with Crippen molar-refractivity contribution in [2.75, 3.05) is 0 Å². The fourth-order valence-electron chi connectivity index (χ4n) is 2.72. The van der Waals surface area contributed by atoms with Crippen LogP contribution in [0.15, 0.2) is 36.4 Å². The van der Waals surface area contributed by atoms with Crippen molar-refractivity contribution >= 4 is 72.5 Å². The first-order valence-corrected chi connectivity index (χ1v) is 9.69. The summed E-state index contributed by atoms with van der Waals surface area (Å²) in [6, 6.07) is 12.5. The van der Waals surface area contributed by atoms with E-state index < -0.39 is 0 Å². The average molecular weight is 549 g/mol. The Balaban J connectivity index is 0.00000144. The van der Waals surface area contributed by atoms with Gasteiger partial charge in [0.1, 0.15) is 0 Å². The molecule has 0 saturated carbocycles. The van der Waals surface area contributed by atoms with Crippen molar-refractivity contribution in [1.29, 1.82) is 0 Å². The zero-order chi connectivity index (χ0) is 16.0. The zero-order valence-corrected chi connectivity index (χ0v) is 21.4. The Morgan fingerprint density at radius 2 is 1.50 bits per heavy atom. The summed E-state index contributed by atoms with van der Waals surface area (Å²) in [5, 5.41) is 2.33. The number of fused-ring (bicyclic) bond motifs is 1. The molecule has 0 amide bonds. The SMILES string of the molecule is CC1(C)OB(c2cccc3cccc(C#[C][Tl])c23)OC1(C)C.P.[SH-]. The Hall–Kier alpha value is -0.0530. The molecular formula is C18H22BO2PSTl-. The maximum absolute atomic E-state index is 6.23. The van der Waals surface area contributed by atoms with E-state index in [1.165, 1.54) is 5.39 Å². The van der Waals surface area contributed by atoms with Crippen LogP contribution in [-0.2, 0) is 22.8 Å². The first kappa shape index (κ1) is 22.0. The molecule has 2 nitrogen and oxygen atoms in total. The first-order valence-electron chi connectivity index (χ1n) is 7.45. The first-order chi connectivity index (χ1) is 10.4. The van der Waals surface area contributed by atoms with E-state index in [0.29, 0.717) is 25.8 Å². The molecule has 3 rings (SSSR count). The molecule has 1 aliphatic heterocycles. The van der Waals surface area contributed by atoms with Crippen molar-refractivity contribution in [2.24, 2.45) is 0 Å². The van der Waals surface area contributed by atoms with Crippen LogP contribution < -0.4 is 5.46 Å². The second kappa shape index (κ2) is 8.10. The van der Waals surface area contributed by atoms with E-state index in [0.717, 1.165) is 16.4 Å². The van der Waals surface area contributed by atoms with E-state index in [4.69, 9.17) is 9.31 Å². The van der Waals surface area contributed by atoms with Crippen LogP contribution in [0.25, 0.3) is 10.8 Å². The van der Waals surface area contributed by atoms with Gasteiger partial charge in [0.15, 0.2) is 0 Å². The molecule has 2 aromatic carbocycles. The fraction of sp³-hybridized carbons (Fsp3) is 0.333. The molecule has 124 valence electrons. The normalized spacial score (nSPS) is 17.4. The molecule has 0 aliphatic carbocycles. The number of hydrogen-bond acceptors (Lipinski definition) is 3. The summed E-state index contributed by atoms with van der Waals surface area (Å²) in [6.07, 6.45) is 0. The molecule has 24 heavy (non-hydrogen) atoms. The van der Waals surface area contributed by atoms with Crippen LogP contribution >= 0.6 is 9.90 Å². The summed E-state index contributed by atoms with van der Waals surface area (Å²) in [6.45, 7) is 8.32. The Morgan fingerprint density at radius 3 is 2.04 bits per heavy atom. The molecule has 0 radical (unpaired) electrons. The Labute approximate surface area is 171 Å². The average Bonchev–Trinajstić information content (AvgIpc) is 2.67. The molecule has 1 unspecified atom stereocenters. The molecule has 1 aliphatic rings. The van der Waals surface area contributed by atoms with Crippen molar-refractivity contribution in [1.82, 2.24) is 0 Å². The topological polar surface area (TPSA) is 18.5 Å². The molecule has 0 aromatic heterocycles. The third kappa shape index (κ3) is 3.86. The van der Waals surface area contributed by atoms with Gasteiger partial charge in [-0.2, -0.15) is 9.90 Å². The zero-order valence-electron chi connectivity index (χ0n) is 14.6. The third-order valence-corrected chi connectivity index (χ3v) is 5.21. The summed E-state index contributed by atoms with van der Waals surface area (Å²) in [4.78, 5) is 0. The molecule has 1 fully saturated rings. The number of benzene rings is 2. The minimum atomic E-state index is -0.354. The van der Waals surface area contributed by atoms with Crippen LogP contribution in [0, 0.1) is 9.40 Å². The summed E-state index contributed by atoms with van der Waals surface area (Å²) >= 11 is 0.671. The van der Waals surface area contributed by atoms with E-state index in [1.807, 2.05) is 0 Å². The molecule has 0 spiro atoms. The van der Waals surface area contributed by atoms with Crippen molar-refractivity contribution in [3.05, 3.63) is 42.0 Å². The minimum Gasteiger partial charge on any atom is -0.813 e. The summed E-state index contributed by atoms with van der Waals surface area (Å²) < 4.78 is 15.6. The van der Waals surface area contributed by atoms with Gasteiger partial charge in [0.05, 0.1) is 0 Å². The van der Waals surface area contributed by atoms with E-state index in [-0.39, 0.29) is 41.7 Å². The summed E-state index contributed by atoms with van der Waals surface area (Å²) in [7, 11) is -0.354. The van der Waals surface area contributed by atoms with E-state index in [9.17, 15) is 0 Å². The van der Waals surface area contributed by atoms with Crippen LogP contribution in [0.5, 0.6) is 0 Å². The van der Waals surface area contributed by atoms with Crippen LogP contribution in [0.3, 0.4) is 0 Å². The van der Waals surface area contributed by atoms with Gasteiger partial charge in [0.25, 0.3) is 0 Å². The molecule has 2 aromatic rings. The van der Waals surface area contributed by atoms with Gasteiger partial charge in [-0.05, 0) is 0 Å². The Bertz CT molecular complexity index is 777. The molecule has 1 heterocycles. The van der Waals surface area contributed by atoms with Crippen LogP contribution in [-0.4, -0.2) is 44.1 Å². The second-order valence-corrected chi connectivity index (χ2v) is 7.73. The van der Waals surface area contributed by atoms with Gasteiger partial charge in [-0.15, -0.1) is 0 Å². The van der Waals surface area contributed by atoms with Crippen LogP contribution in [0.1, 0.15) is 33.3 Å². The van der Waals surface area contributed by atoms with Crippen molar-refractivity contribution < 1.29 is 9.31 Å². The molecular weight excluding hydrogens is 526 g/mol. The van der Waals surface area contributed by atoms with E-state index >= 15 is 0 Å². The van der Waals surface area contributed by atoms with Gasteiger partial charge in [-0.3, -0.25) is 0 Å². The van der Waals surface area contributed by atoms with Crippen molar-refractivity contribution in [3.8, 4) is 9.40 Å². The molecule has 0 N–H and O–H groups in total. The van der Waals surface area contributed by atoms with Gasteiger partial charge in [-0.1, -0.05) is 0 Å². The van der Waals surface area contributed by atoms with Crippen LogP contribution in [0.4, 0.5) is 0 Å². The van der Waals surface area contributed by atoms with Gasteiger partial charge < -0.3 is 13.5 Å². The minimum absolute atomic E-state index is 0. The van der Waals surface area contributed by atoms with Gasteiger partial charge in [0, 0.05) is 0 Å². The van der Waals surface area contributed by atoms with Crippen LogP contribution in [0.2, 0.25) is 0 Å². The summed E-state index contributed by atoms with van der Waals surface area (Å²) in [5.74, 6) is 3.27. The number of thiol groups is 1.